The maximum absolute atomic E-state index is 11.5. The molecule has 0 spiro atoms. The molecule has 0 saturated carbocycles. The Kier molecular flexibility index (Phi) is 3.68. The van der Waals surface area contributed by atoms with Crippen LogP contribution in [0.15, 0.2) is 42.5 Å². The van der Waals surface area contributed by atoms with Crippen molar-refractivity contribution in [3.05, 3.63) is 63.7 Å². The summed E-state index contributed by atoms with van der Waals surface area (Å²) in [7, 11) is 0. The van der Waals surface area contributed by atoms with Gasteiger partial charge in [-0.3, -0.25) is 10.1 Å². The van der Waals surface area contributed by atoms with Crippen LogP contribution in [-0.4, -0.2) is 22.8 Å². The summed E-state index contributed by atoms with van der Waals surface area (Å²) in [4.78, 5) is 22.2. The molecule has 1 aliphatic heterocycles. The van der Waals surface area contributed by atoms with Gasteiger partial charge in [-0.2, -0.15) is 0 Å². The van der Waals surface area contributed by atoms with Gasteiger partial charge in [0.05, 0.1) is 22.1 Å². The fourth-order valence-electron chi connectivity index (χ4n) is 2.26. The zero-order valence-electron chi connectivity index (χ0n) is 11.8. The highest BCUT2D eigenvalue weighted by Gasteiger charge is 2.23. The molecule has 0 bridgehead atoms. The number of rotatable bonds is 4. The molecule has 2 aromatic rings. The fourth-order valence-corrected chi connectivity index (χ4v) is 2.26. The summed E-state index contributed by atoms with van der Waals surface area (Å²) in [6, 6.07) is 11.0. The second kappa shape index (κ2) is 5.80. The number of fused-ring (bicyclic) bond motifs is 1. The normalized spacial score (nSPS) is 13.0. The molecular weight excluding hydrogens is 302 g/mol. The molecule has 1 aliphatic rings. The fraction of sp³-hybridized carbons (Fsp3) is 0.0625. The summed E-state index contributed by atoms with van der Waals surface area (Å²) in [5.41, 5.74) is 0.295. The number of carboxylic acid groups (broad SMARTS) is 1. The van der Waals surface area contributed by atoms with Gasteiger partial charge < -0.3 is 14.6 Å². The number of hydrogen-bond acceptors (Lipinski definition) is 5. The number of nitro groups is 1. The molecule has 2 aromatic carbocycles. The van der Waals surface area contributed by atoms with E-state index in [1.807, 2.05) is 0 Å². The minimum absolute atomic E-state index is 0.0237. The third kappa shape index (κ3) is 2.84. The molecule has 1 N–H and O–H groups in total. The van der Waals surface area contributed by atoms with Gasteiger partial charge in [-0.25, -0.2) is 4.79 Å². The van der Waals surface area contributed by atoms with Gasteiger partial charge in [0, 0.05) is 0 Å². The number of nitrogens with zero attached hydrogens (tertiary/aromatic N) is 1. The van der Waals surface area contributed by atoms with Crippen molar-refractivity contribution in [2.24, 2.45) is 0 Å². The van der Waals surface area contributed by atoms with Crippen molar-refractivity contribution in [2.75, 3.05) is 6.79 Å². The van der Waals surface area contributed by atoms with E-state index < -0.39 is 10.9 Å². The number of aliphatic carboxylic acids is 1. The lowest BCUT2D eigenvalue weighted by atomic mass is 10.0. The van der Waals surface area contributed by atoms with Crippen molar-refractivity contribution in [3.8, 4) is 11.5 Å². The van der Waals surface area contributed by atoms with E-state index in [2.05, 4.69) is 0 Å². The van der Waals surface area contributed by atoms with E-state index in [4.69, 9.17) is 9.47 Å². The SMILES string of the molecule is O=C(O)/C(=C\c1cc2c(cc1[N+](=O)[O-])OCO2)c1ccccc1. The smallest absolute Gasteiger partial charge is 0.336 e. The Morgan fingerprint density at radius 1 is 1.17 bits per heavy atom. The summed E-state index contributed by atoms with van der Waals surface area (Å²) in [5.74, 6) is -0.562. The van der Waals surface area contributed by atoms with Crippen LogP contribution in [0.2, 0.25) is 0 Å². The molecule has 0 radical (unpaired) electrons. The molecule has 0 unspecified atom stereocenters. The van der Waals surface area contributed by atoms with Gasteiger partial charge >= 0.3 is 5.97 Å². The summed E-state index contributed by atoms with van der Waals surface area (Å²) >= 11 is 0. The van der Waals surface area contributed by atoms with Gasteiger partial charge in [0.25, 0.3) is 5.69 Å². The van der Waals surface area contributed by atoms with E-state index in [1.165, 1.54) is 18.2 Å². The molecule has 0 fully saturated rings. The zero-order valence-corrected chi connectivity index (χ0v) is 11.8. The second-order valence-electron chi connectivity index (χ2n) is 4.75. The maximum atomic E-state index is 11.5. The quantitative estimate of drug-likeness (QED) is 0.403. The predicted octanol–water partition coefficient (Wildman–Crippen LogP) is 2.95. The van der Waals surface area contributed by atoms with Crippen molar-refractivity contribution in [2.45, 2.75) is 0 Å². The average molecular weight is 313 g/mol. The van der Waals surface area contributed by atoms with Crippen LogP contribution in [-0.2, 0) is 4.79 Å². The summed E-state index contributed by atoms with van der Waals surface area (Å²) in [6.07, 6.45) is 1.26. The van der Waals surface area contributed by atoms with Crippen LogP contribution in [0.4, 0.5) is 5.69 Å². The number of nitro benzene ring substituents is 1. The van der Waals surface area contributed by atoms with Crippen molar-refractivity contribution in [1.82, 2.24) is 0 Å². The summed E-state index contributed by atoms with van der Waals surface area (Å²) < 4.78 is 10.3. The number of carbonyl (C=O) groups is 1. The molecule has 116 valence electrons. The number of ether oxygens (including phenoxy) is 2. The van der Waals surface area contributed by atoms with Crippen molar-refractivity contribution in [3.63, 3.8) is 0 Å². The third-order valence-electron chi connectivity index (χ3n) is 3.33. The largest absolute Gasteiger partial charge is 0.478 e. The molecule has 7 nitrogen and oxygen atoms in total. The van der Waals surface area contributed by atoms with Gasteiger partial charge in [-0.15, -0.1) is 0 Å². The predicted molar refractivity (Wildman–Crippen MR) is 81.2 cm³/mol. The van der Waals surface area contributed by atoms with Gasteiger partial charge in [-0.05, 0) is 17.7 Å². The Balaban J connectivity index is 2.16. The average Bonchev–Trinajstić information content (AvgIpc) is 2.99. The lowest BCUT2D eigenvalue weighted by molar-refractivity contribution is -0.385. The summed E-state index contributed by atoms with van der Waals surface area (Å²) in [5, 5.41) is 20.7. The van der Waals surface area contributed by atoms with Gasteiger partial charge in [-0.1, -0.05) is 30.3 Å². The monoisotopic (exact) mass is 313 g/mol. The Labute approximate surface area is 130 Å². The first-order chi connectivity index (χ1) is 11.1. The van der Waals surface area contributed by atoms with Crippen LogP contribution in [0.25, 0.3) is 11.6 Å². The highest BCUT2D eigenvalue weighted by molar-refractivity contribution is 6.21. The van der Waals surface area contributed by atoms with Crippen LogP contribution in [0, 0.1) is 10.1 Å². The Morgan fingerprint density at radius 2 is 1.83 bits per heavy atom. The van der Waals surface area contributed by atoms with Crippen molar-refractivity contribution < 1.29 is 24.3 Å². The first-order valence-electron chi connectivity index (χ1n) is 6.64. The van der Waals surface area contributed by atoms with Gasteiger partial charge in [0.15, 0.2) is 11.5 Å². The zero-order chi connectivity index (χ0) is 16.4. The number of hydrogen-bond donors (Lipinski definition) is 1. The van der Waals surface area contributed by atoms with Crippen LogP contribution in [0.3, 0.4) is 0 Å². The molecule has 23 heavy (non-hydrogen) atoms. The first-order valence-corrected chi connectivity index (χ1v) is 6.64. The minimum atomic E-state index is -1.18. The number of benzene rings is 2. The van der Waals surface area contributed by atoms with Crippen molar-refractivity contribution in [1.29, 1.82) is 0 Å². The molecule has 0 aliphatic carbocycles. The molecule has 0 amide bonds. The van der Waals surface area contributed by atoms with Crippen LogP contribution in [0.5, 0.6) is 11.5 Å². The van der Waals surface area contributed by atoms with Gasteiger partial charge in [0.1, 0.15) is 0 Å². The highest BCUT2D eigenvalue weighted by atomic mass is 16.7. The molecule has 7 heteroatoms. The lowest BCUT2D eigenvalue weighted by Crippen LogP contribution is -2.00. The third-order valence-corrected chi connectivity index (χ3v) is 3.33. The van der Waals surface area contributed by atoms with Gasteiger partial charge in [0.2, 0.25) is 6.79 Å². The van der Waals surface area contributed by atoms with Crippen molar-refractivity contribution >= 4 is 23.3 Å². The Bertz CT molecular complexity index is 813. The molecule has 1 heterocycles. The molecular formula is C16H11NO6. The van der Waals surface area contributed by atoms with E-state index in [1.54, 1.807) is 30.3 Å². The molecule has 3 rings (SSSR count). The molecule has 0 aromatic heterocycles. The molecule has 0 saturated heterocycles. The maximum Gasteiger partial charge on any atom is 0.336 e. The Hall–Kier alpha value is -3.35. The van der Waals surface area contributed by atoms with E-state index >= 15 is 0 Å². The van der Waals surface area contributed by atoms with Crippen LogP contribution >= 0.6 is 0 Å². The highest BCUT2D eigenvalue weighted by Crippen LogP contribution is 2.39. The van der Waals surface area contributed by atoms with E-state index in [0.29, 0.717) is 11.3 Å². The standard InChI is InChI=1S/C16H11NO6/c18-16(19)12(10-4-2-1-3-5-10)6-11-7-14-15(23-9-22-14)8-13(11)17(20)21/h1-8H,9H2,(H,18,19)/b12-6-. The second-order valence-corrected chi connectivity index (χ2v) is 4.75. The van der Waals surface area contributed by atoms with Crippen LogP contribution < -0.4 is 9.47 Å². The lowest BCUT2D eigenvalue weighted by Gasteiger charge is -2.05. The topological polar surface area (TPSA) is 98.9 Å². The van der Waals surface area contributed by atoms with E-state index in [0.717, 1.165) is 0 Å². The minimum Gasteiger partial charge on any atom is -0.478 e. The number of carboxylic acids is 1. The van der Waals surface area contributed by atoms with E-state index in [9.17, 15) is 20.0 Å². The first kappa shape index (κ1) is 14.6. The molecule has 0 atom stereocenters. The Morgan fingerprint density at radius 3 is 2.43 bits per heavy atom. The summed E-state index contributed by atoms with van der Waals surface area (Å²) in [6.45, 7) is -0.0237. The van der Waals surface area contributed by atoms with Crippen LogP contribution in [0.1, 0.15) is 11.1 Å². The van der Waals surface area contributed by atoms with E-state index in [-0.39, 0.29) is 29.4 Å².